The number of likely N-dealkylation sites (N-methyl/N-ethyl adjacent to an activating group) is 1. The molecule has 0 spiro atoms. The van der Waals surface area contributed by atoms with Gasteiger partial charge in [0, 0.05) is 66.5 Å². The molecule has 0 atom stereocenters. The van der Waals surface area contributed by atoms with E-state index in [0.717, 1.165) is 57.3 Å². The Morgan fingerprint density at radius 2 is 1.69 bits per heavy atom. The quantitative estimate of drug-likeness (QED) is 0.119. The normalized spacial score (nSPS) is 14.8. The highest BCUT2D eigenvalue weighted by Crippen LogP contribution is 2.39. The van der Waals surface area contributed by atoms with Crippen LogP contribution in [0.3, 0.4) is 0 Å². The average molecular weight is 657 g/mol. The molecule has 10 nitrogen and oxygen atoms in total. The van der Waals surface area contributed by atoms with Crippen molar-refractivity contribution in [2.75, 3.05) is 67.8 Å². The second-order valence-corrected chi connectivity index (χ2v) is 11.8. The van der Waals surface area contributed by atoms with Gasteiger partial charge in [0.05, 0.1) is 31.3 Å². The van der Waals surface area contributed by atoms with Crippen molar-refractivity contribution < 1.29 is 27.8 Å². The van der Waals surface area contributed by atoms with E-state index in [1.54, 1.807) is 18.3 Å². The molecule has 2 aliphatic rings. The fourth-order valence-corrected chi connectivity index (χ4v) is 5.87. The number of hydrogen-bond donors (Lipinski definition) is 3. The Hall–Kier alpha value is -5.23. The second kappa shape index (κ2) is 13.9. The summed E-state index contributed by atoms with van der Waals surface area (Å²) in [4.78, 5) is 35.6. The summed E-state index contributed by atoms with van der Waals surface area (Å²) in [6.45, 7) is 10.4. The lowest BCUT2D eigenvalue weighted by molar-refractivity contribution is -0.111. The molecule has 250 valence electrons. The molecule has 0 unspecified atom stereocenters. The zero-order valence-corrected chi connectivity index (χ0v) is 27.2. The molecule has 1 aliphatic carbocycles. The van der Waals surface area contributed by atoms with E-state index in [1.165, 1.54) is 26.4 Å². The molecule has 1 aromatic heterocycles. The minimum absolute atomic E-state index is 0.0890. The fourth-order valence-electron chi connectivity index (χ4n) is 5.87. The zero-order chi connectivity index (χ0) is 33.9. The van der Waals surface area contributed by atoms with E-state index in [4.69, 9.17) is 9.47 Å². The summed E-state index contributed by atoms with van der Waals surface area (Å²) in [5.74, 6) is -3.62. The number of fused-ring (bicyclic) bond motifs is 1. The predicted octanol–water partition coefficient (Wildman–Crippen LogP) is 6.35. The van der Waals surface area contributed by atoms with Gasteiger partial charge in [0.25, 0.3) is 0 Å². The van der Waals surface area contributed by atoms with Crippen molar-refractivity contribution in [1.82, 2.24) is 9.88 Å². The highest BCUT2D eigenvalue weighted by molar-refractivity contribution is 6.17. The van der Waals surface area contributed by atoms with Gasteiger partial charge in [-0.25, -0.2) is 13.8 Å². The van der Waals surface area contributed by atoms with Crippen LogP contribution in [-0.4, -0.2) is 74.6 Å². The molecule has 1 saturated carbocycles. The molecule has 3 N–H and O–H groups in total. The van der Waals surface area contributed by atoms with Crippen molar-refractivity contribution in [1.29, 1.82) is 0 Å². The van der Waals surface area contributed by atoms with Crippen LogP contribution in [0, 0.1) is 11.6 Å². The van der Waals surface area contributed by atoms with Crippen molar-refractivity contribution >= 4 is 51.0 Å². The number of aromatic nitrogens is 1. The molecule has 0 radical (unpaired) electrons. The van der Waals surface area contributed by atoms with E-state index in [0.29, 0.717) is 33.7 Å². The van der Waals surface area contributed by atoms with E-state index in [2.05, 4.69) is 44.2 Å². The topological polar surface area (TPSA) is 108 Å². The molecule has 12 heteroatoms. The molecule has 6 rings (SSSR count). The summed E-state index contributed by atoms with van der Waals surface area (Å²) >= 11 is 0. The molecule has 0 bridgehead atoms. The van der Waals surface area contributed by atoms with Crippen molar-refractivity contribution in [2.24, 2.45) is 0 Å². The van der Waals surface area contributed by atoms with E-state index in [9.17, 15) is 9.59 Å². The number of piperazine rings is 1. The van der Waals surface area contributed by atoms with Crippen molar-refractivity contribution in [2.45, 2.75) is 25.8 Å². The number of ketones is 1. The molecule has 48 heavy (non-hydrogen) atoms. The minimum atomic E-state index is -1.11. The number of pyridine rings is 1. The van der Waals surface area contributed by atoms with Crippen LogP contribution in [0.4, 0.5) is 37.3 Å². The van der Waals surface area contributed by atoms with Crippen LogP contribution >= 0.6 is 0 Å². The first-order valence-corrected chi connectivity index (χ1v) is 15.9. The van der Waals surface area contributed by atoms with Crippen LogP contribution in [0.15, 0.2) is 61.3 Å². The summed E-state index contributed by atoms with van der Waals surface area (Å²) < 4.78 is 41.0. The maximum atomic E-state index is 15.4. The number of ether oxygens (including phenoxy) is 2. The van der Waals surface area contributed by atoms with Crippen LogP contribution in [0.25, 0.3) is 10.8 Å². The molecule has 1 saturated heterocycles. The molecule has 3 aromatic carbocycles. The van der Waals surface area contributed by atoms with Crippen molar-refractivity contribution in [3.8, 4) is 11.5 Å². The summed E-state index contributed by atoms with van der Waals surface area (Å²) in [5.41, 5.74) is 1.89. The fraction of sp³-hybridized carbons (Fsp3) is 0.306. The van der Waals surface area contributed by atoms with Crippen molar-refractivity contribution in [3.05, 3.63) is 84.1 Å². The molecule has 2 fully saturated rings. The summed E-state index contributed by atoms with van der Waals surface area (Å²) in [6.07, 6.45) is 4.65. The van der Waals surface area contributed by atoms with E-state index < -0.39 is 23.0 Å². The summed E-state index contributed by atoms with van der Waals surface area (Å²) in [6, 6.07) is 12.0. The number of hydrogen-bond acceptors (Lipinski definition) is 9. The first kappa shape index (κ1) is 32.7. The van der Waals surface area contributed by atoms with Crippen LogP contribution in [0.2, 0.25) is 0 Å². The SMILES string of the molecule is C=CC(=O)Nc1cc(N2CCN(CC)CC2)ccc1Nc1cc2c(NC3CC3)c(C(=O)c3c(F)c(OC)cc(OC)c3F)ccc2cn1. The van der Waals surface area contributed by atoms with Crippen LogP contribution in [0.1, 0.15) is 35.7 Å². The highest BCUT2D eigenvalue weighted by Gasteiger charge is 2.30. The Balaban J connectivity index is 1.39. The lowest BCUT2D eigenvalue weighted by atomic mass is 9.96. The number of anilines is 5. The number of benzene rings is 3. The number of carbonyl (C=O) groups is 2. The lowest BCUT2D eigenvalue weighted by Gasteiger charge is -2.35. The third-order valence-corrected chi connectivity index (χ3v) is 8.77. The maximum absolute atomic E-state index is 15.4. The Morgan fingerprint density at radius 3 is 2.31 bits per heavy atom. The van der Waals surface area contributed by atoms with E-state index in [-0.39, 0.29) is 29.0 Å². The number of nitrogens with zero attached hydrogens (tertiary/aromatic N) is 3. The van der Waals surface area contributed by atoms with Gasteiger partial charge >= 0.3 is 0 Å². The third-order valence-electron chi connectivity index (χ3n) is 8.77. The zero-order valence-electron chi connectivity index (χ0n) is 27.2. The van der Waals surface area contributed by atoms with Crippen molar-refractivity contribution in [3.63, 3.8) is 0 Å². The molecular weight excluding hydrogens is 618 g/mol. The Kier molecular flexibility index (Phi) is 9.44. The smallest absolute Gasteiger partial charge is 0.247 e. The van der Waals surface area contributed by atoms with Gasteiger partial charge in [-0.2, -0.15) is 0 Å². The van der Waals surface area contributed by atoms with Gasteiger partial charge in [-0.15, -0.1) is 0 Å². The first-order chi connectivity index (χ1) is 23.2. The van der Waals surface area contributed by atoms with Gasteiger partial charge in [-0.1, -0.05) is 19.6 Å². The van der Waals surface area contributed by atoms with Gasteiger partial charge in [-0.3, -0.25) is 9.59 Å². The van der Waals surface area contributed by atoms with E-state index in [1.807, 2.05) is 18.2 Å². The monoisotopic (exact) mass is 656 g/mol. The Morgan fingerprint density at radius 1 is 0.979 bits per heavy atom. The average Bonchev–Trinajstić information content (AvgIpc) is 3.93. The van der Waals surface area contributed by atoms with Crippen LogP contribution in [0.5, 0.6) is 11.5 Å². The maximum Gasteiger partial charge on any atom is 0.247 e. The molecule has 1 aliphatic heterocycles. The van der Waals surface area contributed by atoms with Gasteiger partial charge in [0.2, 0.25) is 11.7 Å². The number of rotatable bonds is 12. The minimum Gasteiger partial charge on any atom is -0.494 e. The van der Waals surface area contributed by atoms with Gasteiger partial charge < -0.3 is 35.2 Å². The number of carbonyl (C=O) groups excluding carboxylic acids is 2. The van der Waals surface area contributed by atoms with Gasteiger partial charge in [-0.05, 0) is 55.8 Å². The second-order valence-electron chi connectivity index (χ2n) is 11.8. The summed E-state index contributed by atoms with van der Waals surface area (Å²) in [7, 11) is 2.47. The number of halogens is 2. The molecule has 4 aromatic rings. The summed E-state index contributed by atoms with van der Waals surface area (Å²) in [5, 5.41) is 11.0. The lowest BCUT2D eigenvalue weighted by Crippen LogP contribution is -2.46. The Bertz CT molecular complexity index is 1860. The van der Waals surface area contributed by atoms with Crippen LogP contribution < -0.4 is 30.3 Å². The van der Waals surface area contributed by atoms with Crippen LogP contribution in [-0.2, 0) is 4.79 Å². The predicted molar refractivity (Wildman–Crippen MR) is 184 cm³/mol. The van der Waals surface area contributed by atoms with Gasteiger partial charge in [0.15, 0.2) is 23.1 Å². The third kappa shape index (κ3) is 6.61. The number of amides is 1. The Labute approximate surface area is 277 Å². The number of nitrogens with one attached hydrogen (secondary N) is 3. The number of methoxy groups -OCH3 is 2. The molecular formula is C36H38F2N6O4. The highest BCUT2D eigenvalue weighted by atomic mass is 19.1. The standard InChI is InChI=1S/C36H38F2N6O4/c1-5-31(45)42-27-17-23(44-15-13-43(6-2)14-16-44)10-12-26(27)41-30-18-25-21(20-39-30)7-11-24(35(25)40-22-8-9-22)36(46)32-33(37)28(47-3)19-29(48-4)34(32)38/h5,7,10-12,17-20,22,40H,1,6,8-9,13-16H2,2-4H3,(H,39,41)(H,42,45). The molecule has 2 heterocycles. The van der Waals surface area contributed by atoms with E-state index >= 15 is 8.78 Å². The first-order valence-electron chi connectivity index (χ1n) is 15.9. The van der Waals surface area contributed by atoms with Gasteiger partial charge in [0.1, 0.15) is 11.4 Å². The molecule has 1 amide bonds. The largest absolute Gasteiger partial charge is 0.494 e.